The van der Waals surface area contributed by atoms with Crippen LogP contribution in [0.25, 0.3) is 11.1 Å². The first-order chi connectivity index (χ1) is 12.8. The van der Waals surface area contributed by atoms with E-state index in [1.54, 1.807) is 30.3 Å². The minimum Gasteiger partial charge on any atom is -0.446 e. The fraction of sp³-hybridized carbons (Fsp3) is 0.353. The van der Waals surface area contributed by atoms with E-state index in [2.05, 4.69) is 19.9 Å². The normalized spacial score (nSPS) is 10.8. The lowest BCUT2D eigenvalue weighted by Crippen LogP contribution is -2.21. The van der Waals surface area contributed by atoms with Gasteiger partial charge in [0.2, 0.25) is 11.6 Å². The molecule has 0 saturated carbocycles. The Kier molecular flexibility index (Phi) is 6.05. The summed E-state index contributed by atoms with van der Waals surface area (Å²) in [4.78, 5) is 30.1. The number of aromatic nitrogens is 4. The summed E-state index contributed by atoms with van der Waals surface area (Å²) in [6.45, 7) is 0.697. The summed E-state index contributed by atoms with van der Waals surface area (Å²) in [5.74, 6) is 1.08. The van der Waals surface area contributed by atoms with Gasteiger partial charge in [0.25, 0.3) is 0 Å². The van der Waals surface area contributed by atoms with Gasteiger partial charge in [-0.25, -0.2) is 20.4 Å². The van der Waals surface area contributed by atoms with Crippen molar-refractivity contribution in [3.63, 3.8) is 0 Å². The fourth-order valence-corrected chi connectivity index (χ4v) is 2.72. The lowest BCUT2D eigenvalue weighted by atomic mass is 10.1. The van der Waals surface area contributed by atoms with Gasteiger partial charge in [-0.2, -0.15) is 0 Å². The fourth-order valence-electron chi connectivity index (χ4n) is 2.72. The number of hydrogen-bond acceptors (Lipinski definition) is 8. The van der Waals surface area contributed by atoms with E-state index in [1.165, 1.54) is 6.33 Å². The highest BCUT2D eigenvalue weighted by Gasteiger charge is 2.17. The maximum Gasteiger partial charge on any atom is 0.243 e. The van der Waals surface area contributed by atoms with E-state index in [0.717, 1.165) is 36.9 Å². The number of rotatable bonds is 9. The van der Waals surface area contributed by atoms with Crippen molar-refractivity contribution in [3.05, 3.63) is 37.2 Å². The number of carbonyl (C=O) groups is 1. The van der Waals surface area contributed by atoms with Crippen molar-refractivity contribution in [3.8, 4) is 0 Å². The smallest absolute Gasteiger partial charge is 0.243 e. The lowest BCUT2D eigenvalue weighted by molar-refractivity contribution is -0.129. The van der Waals surface area contributed by atoms with Crippen molar-refractivity contribution in [1.29, 1.82) is 0 Å². The summed E-state index contributed by atoms with van der Waals surface area (Å²) in [7, 11) is 0. The van der Waals surface area contributed by atoms with Crippen LogP contribution in [0.3, 0.4) is 0 Å². The zero-order valence-electron chi connectivity index (χ0n) is 14.2. The topological polar surface area (TPSA) is 117 Å². The van der Waals surface area contributed by atoms with Crippen molar-refractivity contribution in [2.24, 2.45) is 0 Å². The van der Waals surface area contributed by atoms with Crippen LogP contribution in [0.5, 0.6) is 0 Å². The van der Waals surface area contributed by atoms with Gasteiger partial charge in [0.1, 0.15) is 12.1 Å². The first-order valence-corrected chi connectivity index (χ1v) is 8.44. The highest BCUT2D eigenvalue weighted by atomic mass is 16.5. The van der Waals surface area contributed by atoms with Gasteiger partial charge in [0, 0.05) is 25.4 Å². The molecule has 0 spiro atoms. The molecule has 9 nitrogen and oxygen atoms in total. The van der Waals surface area contributed by atoms with E-state index in [9.17, 15) is 4.79 Å². The third kappa shape index (κ3) is 4.31. The molecular formula is C17H20N6O3. The first kappa shape index (κ1) is 17.7. The van der Waals surface area contributed by atoms with Crippen LogP contribution < -0.4 is 10.4 Å². The first-order valence-electron chi connectivity index (χ1n) is 8.44. The molecule has 0 aliphatic rings. The van der Waals surface area contributed by atoms with Gasteiger partial charge in [0.05, 0.1) is 17.8 Å². The van der Waals surface area contributed by atoms with Crippen LogP contribution in [-0.4, -0.2) is 37.6 Å². The van der Waals surface area contributed by atoms with E-state index >= 15 is 0 Å². The minimum atomic E-state index is -0.352. The van der Waals surface area contributed by atoms with Gasteiger partial charge in [-0.3, -0.25) is 15.0 Å². The lowest BCUT2D eigenvalue weighted by Gasteiger charge is -2.22. The summed E-state index contributed by atoms with van der Waals surface area (Å²) < 4.78 is 5.36. The van der Waals surface area contributed by atoms with Crippen LogP contribution in [0, 0.1) is 0 Å². The maximum atomic E-state index is 11.0. The number of nitrogens with zero attached hydrogens (tertiary/aromatic N) is 5. The van der Waals surface area contributed by atoms with Gasteiger partial charge in [0.15, 0.2) is 5.82 Å². The van der Waals surface area contributed by atoms with Crippen molar-refractivity contribution in [2.45, 2.75) is 32.1 Å². The second-order valence-corrected chi connectivity index (χ2v) is 5.75. The molecule has 0 saturated heterocycles. The van der Waals surface area contributed by atoms with Crippen molar-refractivity contribution in [1.82, 2.24) is 25.4 Å². The molecule has 3 aromatic heterocycles. The summed E-state index contributed by atoms with van der Waals surface area (Å²) in [6, 6.07) is 1.83. The van der Waals surface area contributed by atoms with Gasteiger partial charge in [-0.1, -0.05) is 12.8 Å². The summed E-state index contributed by atoms with van der Waals surface area (Å²) in [5.41, 5.74) is 2.17. The Morgan fingerprint density at radius 1 is 1.15 bits per heavy atom. The zero-order chi connectivity index (χ0) is 18.2. The Hall–Kier alpha value is -3.07. The molecule has 26 heavy (non-hydrogen) atoms. The Morgan fingerprint density at radius 3 is 2.85 bits per heavy atom. The third-order valence-electron chi connectivity index (χ3n) is 3.98. The van der Waals surface area contributed by atoms with Crippen LogP contribution in [0.4, 0.5) is 11.6 Å². The number of carbonyl (C=O) groups excluding carboxylic acids is 1. The molecule has 3 rings (SSSR count). The average Bonchev–Trinajstić information content (AvgIpc) is 3.17. The summed E-state index contributed by atoms with van der Waals surface area (Å²) >= 11 is 0. The number of anilines is 2. The minimum absolute atomic E-state index is 0.325. The van der Waals surface area contributed by atoms with Gasteiger partial charge >= 0.3 is 0 Å². The Labute approximate surface area is 150 Å². The van der Waals surface area contributed by atoms with E-state index in [4.69, 9.17) is 9.62 Å². The van der Waals surface area contributed by atoms with E-state index in [0.29, 0.717) is 24.5 Å². The molecule has 0 aliphatic carbocycles. The van der Waals surface area contributed by atoms with Crippen molar-refractivity contribution < 1.29 is 14.4 Å². The monoisotopic (exact) mass is 356 g/mol. The van der Waals surface area contributed by atoms with Crippen molar-refractivity contribution in [2.75, 3.05) is 11.4 Å². The standard InChI is InChI=1S/C17H20N6O3/c24-15(22-25)5-3-1-2-4-9-23(14-11-18-7-8-19-14)16-13-6-10-26-17(13)21-12-20-16/h6-8,10-12,25H,1-5,9H2,(H,22,24). The number of nitrogens with one attached hydrogen (secondary N) is 1. The predicted octanol–water partition coefficient (Wildman–Crippen LogP) is 2.61. The van der Waals surface area contributed by atoms with Crippen LogP contribution in [0.1, 0.15) is 32.1 Å². The predicted molar refractivity (Wildman–Crippen MR) is 93.9 cm³/mol. The molecular weight excluding hydrogens is 336 g/mol. The number of hydrogen-bond donors (Lipinski definition) is 2. The molecule has 9 heteroatoms. The Morgan fingerprint density at radius 2 is 2.04 bits per heavy atom. The molecule has 0 radical (unpaired) electrons. The van der Waals surface area contributed by atoms with Gasteiger partial charge in [-0.05, 0) is 18.9 Å². The van der Waals surface area contributed by atoms with E-state index in [-0.39, 0.29) is 5.91 Å². The summed E-state index contributed by atoms with van der Waals surface area (Å²) in [5, 5.41) is 9.31. The Bertz CT molecular complexity index is 839. The number of amides is 1. The molecule has 0 fully saturated rings. The second-order valence-electron chi connectivity index (χ2n) is 5.75. The number of hydroxylamine groups is 1. The molecule has 0 bridgehead atoms. The van der Waals surface area contributed by atoms with Crippen LogP contribution in [0.15, 0.2) is 41.7 Å². The van der Waals surface area contributed by atoms with Crippen LogP contribution >= 0.6 is 0 Å². The number of unbranched alkanes of at least 4 members (excludes halogenated alkanes) is 3. The Balaban J connectivity index is 1.68. The molecule has 0 aliphatic heterocycles. The van der Waals surface area contributed by atoms with Crippen LogP contribution in [0.2, 0.25) is 0 Å². The van der Waals surface area contributed by atoms with E-state index < -0.39 is 0 Å². The highest BCUT2D eigenvalue weighted by molar-refractivity contribution is 5.87. The molecule has 0 atom stereocenters. The quantitative estimate of drug-likeness (QED) is 0.341. The number of furan rings is 1. The van der Waals surface area contributed by atoms with Crippen molar-refractivity contribution >= 4 is 28.6 Å². The van der Waals surface area contributed by atoms with Crippen LogP contribution in [-0.2, 0) is 4.79 Å². The van der Waals surface area contributed by atoms with Gasteiger partial charge < -0.3 is 9.32 Å². The SMILES string of the molecule is O=C(CCCCCCN(c1cnccn1)c1ncnc2occc12)NO. The molecule has 136 valence electrons. The second kappa shape index (κ2) is 8.86. The molecule has 1 amide bonds. The average molecular weight is 356 g/mol. The third-order valence-corrected chi connectivity index (χ3v) is 3.98. The zero-order valence-corrected chi connectivity index (χ0v) is 14.2. The largest absolute Gasteiger partial charge is 0.446 e. The van der Waals surface area contributed by atoms with E-state index in [1.807, 2.05) is 11.0 Å². The molecule has 0 unspecified atom stereocenters. The summed E-state index contributed by atoms with van der Waals surface area (Å²) in [6.07, 6.45) is 11.8. The molecule has 2 N–H and O–H groups in total. The highest BCUT2D eigenvalue weighted by Crippen LogP contribution is 2.28. The number of fused-ring (bicyclic) bond motifs is 1. The molecule has 3 aromatic rings. The molecule has 3 heterocycles. The maximum absolute atomic E-state index is 11.0. The van der Waals surface area contributed by atoms with Gasteiger partial charge in [-0.15, -0.1) is 0 Å². The molecule has 0 aromatic carbocycles.